The quantitative estimate of drug-likeness (QED) is 0.932. The first kappa shape index (κ1) is 14.1. The van der Waals surface area contributed by atoms with E-state index in [9.17, 15) is 4.79 Å². The lowest BCUT2D eigenvalue weighted by Gasteiger charge is -2.14. The van der Waals surface area contributed by atoms with Gasteiger partial charge in [-0.1, -0.05) is 6.07 Å². The number of hydrogen-bond acceptors (Lipinski definition) is 3. The number of aryl methyl sites for hydroxylation is 1. The standard InChI is InChI=1S/C16H21N3O2/c1-12(21)18-7-5-14(10-18)13-3-4-16-15(9-13)17-11-19(16)6-2-8-20/h3-4,9,11,14,20H,2,5-8,10H2,1H3. The fourth-order valence-electron chi connectivity index (χ4n) is 3.07. The predicted octanol–water partition coefficient (Wildman–Crippen LogP) is 1.75. The summed E-state index contributed by atoms with van der Waals surface area (Å²) in [4.78, 5) is 17.8. The zero-order valence-electron chi connectivity index (χ0n) is 12.3. The van der Waals surface area contributed by atoms with E-state index in [1.165, 1.54) is 5.56 Å². The number of rotatable bonds is 4. The second kappa shape index (κ2) is 5.85. The second-order valence-electron chi connectivity index (χ2n) is 5.71. The highest BCUT2D eigenvalue weighted by Gasteiger charge is 2.25. The Kier molecular flexibility index (Phi) is 3.92. The van der Waals surface area contributed by atoms with Crippen LogP contribution in [0.5, 0.6) is 0 Å². The van der Waals surface area contributed by atoms with Gasteiger partial charge in [0.05, 0.1) is 17.4 Å². The lowest BCUT2D eigenvalue weighted by molar-refractivity contribution is -0.127. The van der Waals surface area contributed by atoms with Crippen LogP contribution in [0, 0.1) is 0 Å². The summed E-state index contributed by atoms with van der Waals surface area (Å²) in [5, 5.41) is 8.93. The second-order valence-corrected chi connectivity index (χ2v) is 5.71. The van der Waals surface area contributed by atoms with Gasteiger partial charge < -0.3 is 14.6 Å². The van der Waals surface area contributed by atoms with E-state index in [1.54, 1.807) is 6.92 Å². The number of benzene rings is 1. The van der Waals surface area contributed by atoms with Gasteiger partial charge in [-0.05, 0) is 30.5 Å². The van der Waals surface area contributed by atoms with Crippen LogP contribution in [0.4, 0.5) is 0 Å². The van der Waals surface area contributed by atoms with E-state index >= 15 is 0 Å². The van der Waals surface area contributed by atoms with Gasteiger partial charge in [0.1, 0.15) is 0 Å². The molecule has 112 valence electrons. The number of likely N-dealkylation sites (tertiary alicyclic amines) is 1. The van der Waals surface area contributed by atoms with Gasteiger partial charge in [0.15, 0.2) is 0 Å². The Balaban J connectivity index is 1.80. The van der Waals surface area contributed by atoms with E-state index < -0.39 is 0 Å². The molecule has 1 aliphatic heterocycles. The highest BCUT2D eigenvalue weighted by molar-refractivity contribution is 5.76. The molecule has 2 heterocycles. The number of nitrogens with zero attached hydrogens (tertiary/aromatic N) is 3. The average Bonchev–Trinajstić information content (AvgIpc) is 3.11. The zero-order chi connectivity index (χ0) is 14.8. The molecule has 3 rings (SSSR count). The molecule has 21 heavy (non-hydrogen) atoms. The van der Waals surface area contributed by atoms with E-state index in [0.29, 0.717) is 5.92 Å². The number of aliphatic hydroxyl groups excluding tert-OH is 1. The van der Waals surface area contributed by atoms with E-state index in [4.69, 9.17) is 5.11 Å². The van der Waals surface area contributed by atoms with Gasteiger partial charge >= 0.3 is 0 Å². The van der Waals surface area contributed by atoms with E-state index in [0.717, 1.165) is 43.5 Å². The summed E-state index contributed by atoms with van der Waals surface area (Å²) in [6, 6.07) is 6.39. The van der Waals surface area contributed by atoms with Crippen LogP contribution >= 0.6 is 0 Å². The van der Waals surface area contributed by atoms with E-state index in [2.05, 4.69) is 27.8 Å². The molecule has 0 saturated carbocycles. The van der Waals surface area contributed by atoms with Gasteiger partial charge in [-0.15, -0.1) is 0 Å². The van der Waals surface area contributed by atoms with Gasteiger partial charge in [0.25, 0.3) is 0 Å². The van der Waals surface area contributed by atoms with E-state index in [-0.39, 0.29) is 12.5 Å². The van der Waals surface area contributed by atoms with Crippen LogP contribution in [-0.2, 0) is 11.3 Å². The maximum atomic E-state index is 11.4. The SMILES string of the molecule is CC(=O)N1CCC(c2ccc3c(c2)ncn3CCCO)C1. The smallest absolute Gasteiger partial charge is 0.219 e. The number of carbonyl (C=O) groups is 1. The van der Waals surface area contributed by atoms with Crippen LogP contribution in [0.2, 0.25) is 0 Å². The van der Waals surface area contributed by atoms with Crippen LogP contribution in [0.15, 0.2) is 24.5 Å². The largest absolute Gasteiger partial charge is 0.396 e. The molecule has 1 N–H and O–H groups in total. The minimum Gasteiger partial charge on any atom is -0.396 e. The van der Waals surface area contributed by atoms with Crippen molar-refractivity contribution in [1.29, 1.82) is 0 Å². The first-order chi connectivity index (χ1) is 10.2. The van der Waals surface area contributed by atoms with Crippen molar-refractivity contribution in [3.05, 3.63) is 30.1 Å². The molecular formula is C16H21N3O2. The topological polar surface area (TPSA) is 58.4 Å². The van der Waals surface area contributed by atoms with Crippen molar-refractivity contribution in [1.82, 2.24) is 14.5 Å². The van der Waals surface area contributed by atoms with Crippen molar-refractivity contribution in [2.75, 3.05) is 19.7 Å². The number of aromatic nitrogens is 2. The summed E-state index contributed by atoms with van der Waals surface area (Å²) in [5.41, 5.74) is 3.36. The Morgan fingerprint density at radius 1 is 1.48 bits per heavy atom. The van der Waals surface area contributed by atoms with Gasteiger partial charge in [0.2, 0.25) is 5.91 Å². The van der Waals surface area contributed by atoms with Crippen LogP contribution in [0.25, 0.3) is 11.0 Å². The van der Waals surface area contributed by atoms with Crippen molar-refractivity contribution in [2.24, 2.45) is 0 Å². The summed E-state index contributed by atoms with van der Waals surface area (Å²) >= 11 is 0. The van der Waals surface area contributed by atoms with Gasteiger partial charge in [-0.2, -0.15) is 0 Å². The molecule has 0 radical (unpaired) electrons. The summed E-state index contributed by atoms with van der Waals surface area (Å²) in [6.45, 7) is 4.28. The number of imidazole rings is 1. The van der Waals surface area contributed by atoms with Crippen molar-refractivity contribution in [3.8, 4) is 0 Å². The fourth-order valence-corrected chi connectivity index (χ4v) is 3.07. The Morgan fingerprint density at radius 2 is 2.33 bits per heavy atom. The van der Waals surface area contributed by atoms with E-state index in [1.807, 2.05) is 11.2 Å². The number of hydrogen-bond donors (Lipinski definition) is 1. The zero-order valence-corrected chi connectivity index (χ0v) is 12.3. The molecule has 1 amide bonds. The molecule has 0 bridgehead atoms. The molecule has 1 unspecified atom stereocenters. The van der Waals surface area contributed by atoms with Gasteiger partial charge in [-0.3, -0.25) is 4.79 Å². The molecule has 1 atom stereocenters. The summed E-state index contributed by atoms with van der Waals surface area (Å²) in [5.74, 6) is 0.577. The van der Waals surface area contributed by atoms with Crippen molar-refractivity contribution >= 4 is 16.9 Å². The summed E-state index contributed by atoms with van der Waals surface area (Å²) in [6.07, 6.45) is 3.60. The van der Waals surface area contributed by atoms with Crippen LogP contribution in [0.1, 0.15) is 31.2 Å². The number of aliphatic hydroxyl groups is 1. The van der Waals surface area contributed by atoms with Crippen LogP contribution in [-0.4, -0.2) is 45.2 Å². The molecule has 1 saturated heterocycles. The third kappa shape index (κ3) is 2.78. The number of amides is 1. The monoisotopic (exact) mass is 287 g/mol. The molecule has 1 aromatic heterocycles. The molecule has 1 aromatic carbocycles. The third-order valence-electron chi connectivity index (χ3n) is 4.31. The van der Waals surface area contributed by atoms with Crippen LogP contribution in [0.3, 0.4) is 0 Å². The molecule has 5 heteroatoms. The molecule has 2 aromatic rings. The molecule has 0 spiro atoms. The third-order valence-corrected chi connectivity index (χ3v) is 4.31. The summed E-state index contributed by atoms with van der Waals surface area (Å²) in [7, 11) is 0. The Bertz CT molecular complexity index is 650. The first-order valence-corrected chi connectivity index (χ1v) is 7.50. The minimum atomic E-state index is 0.159. The summed E-state index contributed by atoms with van der Waals surface area (Å²) < 4.78 is 2.08. The Labute approximate surface area is 124 Å². The Hall–Kier alpha value is -1.88. The maximum Gasteiger partial charge on any atom is 0.219 e. The predicted molar refractivity (Wildman–Crippen MR) is 81.0 cm³/mol. The number of fused-ring (bicyclic) bond motifs is 1. The molecule has 5 nitrogen and oxygen atoms in total. The molecule has 0 aliphatic carbocycles. The van der Waals surface area contributed by atoms with Crippen LogP contribution < -0.4 is 0 Å². The lowest BCUT2D eigenvalue weighted by atomic mass is 9.98. The van der Waals surface area contributed by atoms with Crippen molar-refractivity contribution < 1.29 is 9.90 Å². The maximum absolute atomic E-state index is 11.4. The molecule has 1 aliphatic rings. The highest BCUT2D eigenvalue weighted by Crippen LogP contribution is 2.29. The Morgan fingerprint density at radius 3 is 3.05 bits per heavy atom. The molecular weight excluding hydrogens is 266 g/mol. The minimum absolute atomic E-state index is 0.159. The van der Waals surface area contributed by atoms with Crippen molar-refractivity contribution in [2.45, 2.75) is 32.2 Å². The average molecular weight is 287 g/mol. The fraction of sp³-hybridized carbons (Fsp3) is 0.500. The highest BCUT2D eigenvalue weighted by atomic mass is 16.3. The molecule has 1 fully saturated rings. The normalized spacial score (nSPS) is 18.6. The van der Waals surface area contributed by atoms with Gasteiger partial charge in [0, 0.05) is 39.1 Å². The first-order valence-electron chi connectivity index (χ1n) is 7.50. The number of carbonyl (C=O) groups excluding carboxylic acids is 1. The van der Waals surface area contributed by atoms with Gasteiger partial charge in [-0.25, -0.2) is 4.98 Å². The van der Waals surface area contributed by atoms with Crippen molar-refractivity contribution in [3.63, 3.8) is 0 Å². The lowest BCUT2D eigenvalue weighted by Crippen LogP contribution is -2.25.